The second-order valence-electron chi connectivity index (χ2n) is 5.04. The van der Waals surface area contributed by atoms with Crippen LogP contribution < -0.4 is 10.6 Å². The fourth-order valence-electron chi connectivity index (χ4n) is 2.24. The molecule has 17 heavy (non-hydrogen) atoms. The summed E-state index contributed by atoms with van der Waals surface area (Å²) in [5, 5.41) is 8.29. The topological polar surface area (TPSA) is 37.0 Å². The highest BCUT2D eigenvalue weighted by atomic mass is 32.1. The molecule has 3 atom stereocenters. The zero-order chi connectivity index (χ0) is 12.3. The number of aromatic nitrogens is 1. The van der Waals surface area contributed by atoms with Gasteiger partial charge in [-0.2, -0.15) is 0 Å². The van der Waals surface area contributed by atoms with E-state index in [0.29, 0.717) is 6.04 Å². The summed E-state index contributed by atoms with van der Waals surface area (Å²) in [7, 11) is 0. The highest BCUT2D eigenvalue weighted by molar-refractivity contribution is 7.11. The van der Waals surface area contributed by atoms with E-state index in [1.165, 1.54) is 9.88 Å². The van der Waals surface area contributed by atoms with Crippen molar-refractivity contribution in [2.45, 2.75) is 33.2 Å². The molecular weight excluding hydrogens is 230 g/mol. The first-order valence-electron chi connectivity index (χ1n) is 6.59. The van der Waals surface area contributed by atoms with Crippen molar-refractivity contribution in [3.05, 3.63) is 16.1 Å². The van der Waals surface area contributed by atoms with Crippen molar-refractivity contribution < 1.29 is 0 Å². The SMILES string of the molecule is CCc1cnc(C(C)NC[C@@H]2CNC[C@H]2C)s1. The molecular formula is C13H23N3S. The van der Waals surface area contributed by atoms with E-state index in [1.807, 2.05) is 17.5 Å². The highest BCUT2D eigenvalue weighted by Gasteiger charge is 2.23. The Bertz CT molecular complexity index is 350. The van der Waals surface area contributed by atoms with Gasteiger partial charge in [0.15, 0.2) is 0 Å². The van der Waals surface area contributed by atoms with Gasteiger partial charge >= 0.3 is 0 Å². The third kappa shape index (κ3) is 3.27. The summed E-state index contributed by atoms with van der Waals surface area (Å²) in [6.45, 7) is 10.1. The first-order valence-corrected chi connectivity index (χ1v) is 7.41. The molecule has 1 aromatic heterocycles. The summed E-state index contributed by atoms with van der Waals surface area (Å²) in [5.41, 5.74) is 0. The van der Waals surface area contributed by atoms with Crippen LogP contribution >= 0.6 is 11.3 Å². The molecule has 1 aliphatic rings. The van der Waals surface area contributed by atoms with Gasteiger partial charge in [0.25, 0.3) is 0 Å². The van der Waals surface area contributed by atoms with E-state index >= 15 is 0 Å². The molecule has 0 bridgehead atoms. The van der Waals surface area contributed by atoms with E-state index in [9.17, 15) is 0 Å². The minimum atomic E-state index is 0.382. The van der Waals surface area contributed by atoms with Crippen molar-refractivity contribution in [3.8, 4) is 0 Å². The Hall–Kier alpha value is -0.450. The minimum Gasteiger partial charge on any atom is -0.316 e. The number of hydrogen-bond donors (Lipinski definition) is 2. The van der Waals surface area contributed by atoms with Gasteiger partial charge in [-0.25, -0.2) is 4.98 Å². The maximum Gasteiger partial charge on any atom is 0.109 e. The maximum absolute atomic E-state index is 4.49. The van der Waals surface area contributed by atoms with Crippen LogP contribution in [-0.4, -0.2) is 24.6 Å². The lowest BCUT2D eigenvalue weighted by Crippen LogP contribution is -2.29. The molecule has 0 saturated carbocycles. The second kappa shape index (κ2) is 5.94. The average Bonchev–Trinajstić information content (AvgIpc) is 2.94. The van der Waals surface area contributed by atoms with Crippen LogP contribution in [0.4, 0.5) is 0 Å². The summed E-state index contributed by atoms with van der Waals surface area (Å²) < 4.78 is 0. The van der Waals surface area contributed by atoms with E-state index in [1.54, 1.807) is 0 Å². The van der Waals surface area contributed by atoms with Gasteiger partial charge in [0, 0.05) is 17.6 Å². The number of thiazole rings is 1. The van der Waals surface area contributed by atoms with E-state index < -0.39 is 0 Å². The number of rotatable bonds is 5. The molecule has 1 saturated heterocycles. The Labute approximate surface area is 108 Å². The third-order valence-electron chi connectivity index (χ3n) is 3.65. The lowest BCUT2D eigenvalue weighted by atomic mass is 9.98. The van der Waals surface area contributed by atoms with Crippen LogP contribution in [0, 0.1) is 11.8 Å². The van der Waals surface area contributed by atoms with Gasteiger partial charge in [-0.15, -0.1) is 11.3 Å². The largest absolute Gasteiger partial charge is 0.316 e. The monoisotopic (exact) mass is 253 g/mol. The molecule has 96 valence electrons. The van der Waals surface area contributed by atoms with Crippen LogP contribution in [0.1, 0.15) is 36.7 Å². The second-order valence-corrected chi connectivity index (χ2v) is 6.19. The number of nitrogens with one attached hydrogen (secondary N) is 2. The normalized spacial score (nSPS) is 26.3. The van der Waals surface area contributed by atoms with Crippen molar-refractivity contribution in [2.75, 3.05) is 19.6 Å². The maximum atomic E-state index is 4.49. The molecule has 0 amide bonds. The summed E-state index contributed by atoms with van der Waals surface area (Å²) in [5.74, 6) is 1.56. The van der Waals surface area contributed by atoms with E-state index in [-0.39, 0.29) is 0 Å². The molecule has 1 unspecified atom stereocenters. The van der Waals surface area contributed by atoms with Crippen molar-refractivity contribution >= 4 is 11.3 Å². The molecule has 1 aromatic rings. The van der Waals surface area contributed by atoms with E-state index in [2.05, 4.69) is 36.4 Å². The van der Waals surface area contributed by atoms with Crippen LogP contribution in [0.25, 0.3) is 0 Å². The first-order chi connectivity index (χ1) is 8.20. The molecule has 3 nitrogen and oxygen atoms in total. The Morgan fingerprint density at radius 3 is 3.00 bits per heavy atom. The van der Waals surface area contributed by atoms with Crippen molar-refractivity contribution in [1.82, 2.24) is 15.6 Å². The van der Waals surface area contributed by atoms with E-state index in [0.717, 1.165) is 37.9 Å². The predicted molar refractivity (Wildman–Crippen MR) is 73.4 cm³/mol. The molecule has 2 N–H and O–H groups in total. The lowest BCUT2D eigenvalue weighted by Gasteiger charge is -2.18. The average molecular weight is 253 g/mol. The number of nitrogens with zero attached hydrogens (tertiary/aromatic N) is 1. The summed E-state index contributed by atoms with van der Waals surface area (Å²) in [6.07, 6.45) is 3.10. The molecule has 2 heterocycles. The summed E-state index contributed by atoms with van der Waals surface area (Å²) in [6, 6.07) is 0.382. The molecule has 0 aromatic carbocycles. The third-order valence-corrected chi connectivity index (χ3v) is 4.98. The standard InChI is InChI=1S/C13H23N3S/c1-4-12-8-16-13(17-12)10(3)15-7-11-6-14-5-9(11)2/h8-11,14-15H,4-7H2,1-3H3/t9-,10?,11+/m1/s1. The predicted octanol–water partition coefficient (Wildman–Crippen LogP) is 2.21. The van der Waals surface area contributed by atoms with Crippen LogP contribution in [0.15, 0.2) is 6.20 Å². The molecule has 4 heteroatoms. The summed E-state index contributed by atoms with van der Waals surface area (Å²) in [4.78, 5) is 5.87. The number of hydrogen-bond acceptors (Lipinski definition) is 4. The lowest BCUT2D eigenvalue weighted by molar-refractivity contribution is 0.399. The molecule has 0 spiro atoms. The van der Waals surface area contributed by atoms with Gasteiger partial charge in [-0.1, -0.05) is 13.8 Å². The van der Waals surface area contributed by atoms with Gasteiger partial charge in [0.05, 0.1) is 6.04 Å². The zero-order valence-electron chi connectivity index (χ0n) is 11.0. The van der Waals surface area contributed by atoms with Gasteiger partial charge in [-0.05, 0) is 38.3 Å². The fraction of sp³-hybridized carbons (Fsp3) is 0.769. The Morgan fingerprint density at radius 1 is 1.59 bits per heavy atom. The Balaban J connectivity index is 1.82. The molecule has 2 rings (SSSR count). The van der Waals surface area contributed by atoms with Gasteiger partial charge < -0.3 is 10.6 Å². The van der Waals surface area contributed by atoms with E-state index in [4.69, 9.17) is 0 Å². The molecule has 1 aliphatic heterocycles. The molecule has 1 fully saturated rings. The fourth-order valence-corrected chi connectivity index (χ4v) is 3.12. The van der Waals surface area contributed by atoms with Crippen LogP contribution in [-0.2, 0) is 6.42 Å². The quantitative estimate of drug-likeness (QED) is 0.845. The van der Waals surface area contributed by atoms with Crippen LogP contribution in [0.5, 0.6) is 0 Å². The van der Waals surface area contributed by atoms with Gasteiger partial charge in [-0.3, -0.25) is 0 Å². The van der Waals surface area contributed by atoms with Gasteiger partial charge in [0.2, 0.25) is 0 Å². The zero-order valence-corrected chi connectivity index (χ0v) is 11.8. The summed E-state index contributed by atoms with van der Waals surface area (Å²) >= 11 is 1.84. The van der Waals surface area contributed by atoms with Crippen molar-refractivity contribution in [3.63, 3.8) is 0 Å². The molecule has 0 radical (unpaired) electrons. The van der Waals surface area contributed by atoms with Gasteiger partial charge in [0.1, 0.15) is 5.01 Å². The van der Waals surface area contributed by atoms with Crippen LogP contribution in [0.2, 0.25) is 0 Å². The van der Waals surface area contributed by atoms with Crippen molar-refractivity contribution in [2.24, 2.45) is 11.8 Å². The highest BCUT2D eigenvalue weighted by Crippen LogP contribution is 2.21. The minimum absolute atomic E-state index is 0.382. The number of aryl methyl sites for hydroxylation is 1. The Kier molecular flexibility index (Phi) is 4.54. The smallest absolute Gasteiger partial charge is 0.109 e. The first kappa shape index (κ1) is 13.0. The Morgan fingerprint density at radius 2 is 2.41 bits per heavy atom. The van der Waals surface area contributed by atoms with Crippen molar-refractivity contribution in [1.29, 1.82) is 0 Å². The molecule has 0 aliphatic carbocycles. The van der Waals surface area contributed by atoms with Crippen LogP contribution in [0.3, 0.4) is 0 Å².